The first-order chi connectivity index (χ1) is 24.8. The van der Waals surface area contributed by atoms with Gasteiger partial charge in [-0.2, -0.15) is 0 Å². The monoisotopic (exact) mass is 638 g/mol. The molecular weight excluding hydrogens is 609 g/mol. The molecule has 4 aromatic heterocycles. The topological polar surface area (TPSA) is 51.6 Å². The molecule has 0 saturated heterocycles. The van der Waals surface area contributed by atoms with E-state index in [1.807, 2.05) is 61.2 Å². The third-order valence-corrected chi connectivity index (χ3v) is 9.27. The summed E-state index contributed by atoms with van der Waals surface area (Å²) < 4.78 is 0. The van der Waals surface area contributed by atoms with Crippen LogP contribution < -0.4 is 0 Å². The molecule has 0 fully saturated rings. The normalized spacial score (nSPS) is 11.2. The van der Waals surface area contributed by atoms with E-state index in [9.17, 15) is 0 Å². The Morgan fingerprint density at radius 3 is 1.08 bits per heavy atom. The Bertz CT molecular complexity index is 2440. The number of rotatable bonds is 6. The van der Waals surface area contributed by atoms with Gasteiger partial charge in [0.15, 0.2) is 0 Å². The molecule has 0 aliphatic carbocycles. The van der Waals surface area contributed by atoms with Gasteiger partial charge in [0, 0.05) is 46.7 Å². The second-order valence-electron chi connectivity index (χ2n) is 12.3. The van der Waals surface area contributed by atoms with Crippen molar-refractivity contribution in [2.45, 2.75) is 0 Å². The van der Waals surface area contributed by atoms with E-state index in [0.29, 0.717) is 0 Å². The molecule has 0 N–H and O–H groups in total. The maximum atomic E-state index is 5.40. The zero-order valence-electron chi connectivity index (χ0n) is 27.1. The average molecular weight is 639 g/mol. The molecule has 0 spiro atoms. The maximum absolute atomic E-state index is 5.40. The quantitative estimate of drug-likeness (QED) is 0.170. The molecule has 0 bridgehead atoms. The fourth-order valence-electron chi connectivity index (χ4n) is 6.79. The van der Waals surface area contributed by atoms with Crippen LogP contribution in [-0.4, -0.2) is 19.9 Å². The van der Waals surface area contributed by atoms with Gasteiger partial charge in [-0.15, -0.1) is 0 Å². The summed E-state index contributed by atoms with van der Waals surface area (Å²) in [6, 6.07) is 55.3. The van der Waals surface area contributed by atoms with Gasteiger partial charge in [-0.05, 0) is 93.0 Å². The number of pyridine rings is 4. The summed E-state index contributed by atoms with van der Waals surface area (Å²) in [4.78, 5) is 19.2. The van der Waals surface area contributed by atoms with Crippen molar-refractivity contribution in [2.75, 3.05) is 0 Å². The molecule has 0 saturated carbocycles. The van der Waals surface area contributed by atoms with Gasteiger partial charge in [-0.25, -0.2) is 9.97 Å². The van der Waals surface area contributed by atoms with Crippen molar-refractivity contribution in [2.24, 2.45) is 0 Å². The summed E-state index contributed by atoms with van der Waals surface area (Å²) in [5, 5.41) is 2.11. The van der Waals surface area contributed by atoms with Gasteiger partial charge < -0.3 is 0 Å². The minimum atomic E-state index is 0.873. The van der Waals surface area contributed by atoms with E-state index in [-0.39, 0.29) is 0 Å². The molecule has 234 valence electrons. The highest BCUT2D eigenvalue weighted by atomic mass is 14.8. The summed E-state index contributed by atoms with van der Waals surface area (Å²) in [6.45, 7) is 0. The minimum absolute atomic E-state index is 0.873. The molecule has 0 atom stereocenters. The van der Waals surface area contributed by atoms with Crippen molar-refractivity contribution in [1.82, 2.24) is 19.9 Å². The molecule has 4 nitrogen and oxygen atoms in total. The predicted octanol–water partition coefficient (Wildman–Crippen LogP) is 11.6. The highest BCUT2D eigenvalue weighted by Crippen LogP contribution is 2.40. The minimum Gasteiger partial charge on any atom is -0.265 e. The lowest BCUT2D eigenvalue weighted by molar-refractivity contribution is 1.33. The first kappa shape index (κ1) is 29.4. The lowest BCUT2D eigenvalue weighted by Gasteiger charge is -2.16. The Kier molecular flexibility index (Phi) is 7.45. The fraction of sp³-hybridized carbons (Fsp3) is 0. The van der Waals surface area contributed by atoms with Crippen LogP contribution in [-0.2, 0) is 0 Å². The van der Waals surface area contributed by atoms with Crippen molar-refractivity contribution in [3.05, 3.63) is 183 Å². The second kappa shape index (κ2) is 12.7. The van der Waals surface area contributed by atoms with E-state index in [2.05, 4.69) is 131 Å². The molecule has 9 rings (SSSR count). The van der Waals surface area contributed by atoms with Crippen LogP contribution in [0.4, 0.5) is 0 Å². The Hall–Kier alpha value is -6.78. The van der Waals surface area contributed by atoms with E-state index in [1.54, 1.807) is 0 Å². The molecule has 5 aromatic carbocycles. The molecule has 0 aliphatic heterocycles. The lowest BCUT2D eigenvalue weighted by Crippen LogP contribution is -1.96. The van der Waals surface area contributed by atoms with E-state index in [0.717, 1.165) is 88.8 Å². The van der Waals surface area contributed by atoms with Gasteiger partial charge >= 0.3 is 0 Å². The third kappa shape index (κ3) is 5.49. The third-order valence-electron chi connectivity index (χ3n) is 9.27. The van der Waals surface area contributed by atoms with E-state index in [1.165, 1.54) is 0 Å². The van der Waals surface area contributed by atoms with Crippen LogP contribution in [0.15, 0.2) is 183 Å². The molecule has 4 heteroatoms. The van der Waals surface area contributed by atoms with Gasteiger partial charge in [0.25, 0.3) is 0 Å². The number of aromatic nitrogens is 4. The lowest BCUT2D eigenvalue weighted by atomic mass is 9.92. The van der Waals surface area contributed by atoms with Crippen LogP contribution in [0.3, 0.4) is 0 Å². The molecule has 0 amide bonds. The summed E-state index contributed by atoms with van der Waals surface area (Å²) in [7, 11) is 0. The first-order valence-corrected chi connectivity index (χ1v) is 16.7. The van der Waals surface area contributed by atoms with Crippen LogP contribution >= 0.6 is 0 Å². The second-order valence-corrected chi connectivity index (χ2v) is 12.3. The SMILES string of the molecule is c1ccc(-c2cc(-c3cccc(-c4ccncc4)c3)c3ccc4c(-c5cccc(-c6ccncc6)c5)cc(-c5ccccc5)nc4c3n2)cc1. The molecule has 0 aliphatic rings. The van der Waals surface area contributed by atoms with E-state index in [4.69, 9.17) is 9.97 Å². The number of benzene rings is 5. The van der Waals surface area contributed by atoms with Crippen molar-refractivity contribution in [1.29, 1.82) is 0 Å². The van der Waals surface area contributed by atoms with Gasteiger partial charge in [0.2, 0.25) is 0 Å². The highest BCUT2D eigenvalue weighted by Gasteiger charge is 2.18. The maximum Gasteiger partial charge on any atom is 0.0978 e. The highest BCUT2D eigenvalue weighted by molar-refractivity contribution is 6.13. The van der Waals surface area contributed by atoms with Crippen LogP contribution in [0.25, 0.3) is 88.8 Å². The van der Waals surface area contributed by atoms with Gasteiger partial charge in [0.05, 0.1) is 22.4 Å². The Labute approximate surface area is 290 Å². The number of hydrogen-bond acceptors (Lipinski definition) is 4. The standard InChI is InChI=1S/C46H30N4/c1-3-9-33(10-4-1)43-29-41(37-15-7-13-35(27-37)31-19-23-47-24-20-31)39-17-18-40-42(38-16-8-14-36(28-38)32-21-25-48-26-22-32)30-44(34-11-5-2-6-12-34)50-46(40)45(39)49-43/h1-30H. The summed E-state index contributed by atoms with van der Waals surface area (Å²) in [6.07, 6.45) is 7.35. The molecular formula is C46H30N4. The van der Waals surface area contributed by atoms with Gasteiger partial charge in [0.1, 0.15) is 0 Å². The number of hydrogen-bond donors (Lipinski definition) is 0. The molecule has 9 aromatic rings. The first-order valence-electron chi connectivity index (χ1n) is 16.7. The summed E-state index contributed by atoms with van der Waals surface area (Å²) in [5.41, 5.74) is 14.7. The van der Waals surface area contributed by atoms with Crippen molar-refractivity contribution < 1.29 is 0 Å². The van der Waals surface area contributed by atoms with Crippen LogP contribution in [0, 0.1) is 0 Å². The number of fused-ring (bicyclic) bond motifs is 3. The Balaban J connectivity index is 1.34. The number of nitrogens with zero attached hydrogens (tertiary/aromatic N) is 4. The van der Waals surface area contributed by atoms with Crippen LogP contribution in [0.1, 0.15) is 0 Å². The van der Waals surface area contributed by atoms with E-state index >= 15 is 0 Å². The molecule has 50 heavy (non-hydrogen) atoms. The van der Waals surface area contributed by atoms with Gasteiger partial charge in [-0.1, -0.05) is 109 Å². The zero-order chi connectivity index (χ0) is 33.3. The Morgan fingerprint density at radius 2 is 0.660 bits per heavy atom. The van der Waals surface area contributed by atoms with Crippen molar-refractivity contribution in [3.8, 4) is 67.0 Å². The molecule has 0 radical (unpaired) electrons. The zero-order valence-corrected chi connectivity index (χ0v) is 27.1. The summed E-state index contributed by atoms with van der Waals surface area (Å²) in [5.74, 6) is 0. The fourth-order valence-corrected chi connectivity index (χ4v) is 6.79. The smallest absolute Gasteiger partial charge is 0.0978 e. The van der Waals surface area contributed by atoms with Gasteiger partial charge in [-0.3, -0.25) is 9.97 Å². The van der Waals surface area contributed by atoms with Crippen LogP contribution in [0.2, 0.25) is 0 Å². The van der Waals surface area contributed by atoms with Crippen molar-refractivity contribution >= 4 is 21.8 Å². The largest absolute Gasteiger partial charge is 0.265 e. The van der Waals surface area contributed by atoms with Crippen molar-refractivity contribution in [3.63, 3.8) is 0 Å². The predicted molar refractivity (Wildman–Crippen MR) is 205 cm³/mol. The molecule has 4 heterocycles. The van der Waals surface area contributed by atoms with Crippen LogP contribution in [0.5, 0.6) is 0 Å². The summed E-state index contributed by atoms with van der Waals surface area (Å²) >= 11 is 0. The Morgan fingerprint density at radius 1 is 0.280 bits per heavy atom. The molecule has 0 unspecified atom stereocenters. The average Bonchev–Trinajstić information content (AvgIpc) is 3.21. The van der Waals surface area contributed by atoms with E-state index < -0.39 is 0 Å².